The van der Waals surface area contributed by atoms with E-state index in [0.29, 0.717) is 35.1 Å². The molecule has 13 aromatic rings. The highest BCUT2D eigenvalue weighted by atomic mass is 15.2. The van der Waals surface area contributed by atoms with Crippen molar-refractivity contribution in [2.75, 3.05) is 0 Å². The molecule has 8 heteroatoms. The lowest BCUT2D eigenvalue weighted by molar-refractivity contribution is 0.953. The molecule has 0 amide bonds. The monoisotopic (exact) mass is 870 g/mol. The zero-order valence-electron chi connectivity index (χ0n) is 36.5. The van der Waals surface area contributed by atoms with Crippen LogP contribution in [0.5, 0.6) is 0 Å². The summed E-state index contributed by atoms with van der Waals surface area (Å²) in [4.78, 5) is 31.1. The Morgan fingerprint density at radius 2 is 0.603 bits per heavy atom. The van der Waals surface area contributed by atoms with Crippen LogP contribution in [0.1, 0.15) is 0 Å². The van der Waals surface area contributed by atoms with Crippen LogP contribution in [0.25, 0.3) is 123 Å². The highest BCUT2D eigenvalue weighted by Gasteiger charge is 2.24. The Kier molecular flexibility index (Phi) is 9.31. The Labute approximate surface area is 391 Å². The topological polar surface area (TPSA) is 87.2 Å². The van der Waals surface area contributed by atoms with Crippen molar-refractivity contribution in [2.45, 2.75) is 0 Å². The van der Waals surface area contributed by atoms with Crippen LogP contribution in [0.4, 0.5) is 0 Å². The maximum atomic E-state index is 5.40. The highest BCUT2D eigenvalue weighted by molar-refractivity contribution is 6.23. The normalized spacial score (nSPS) is 11.5. The molecule has 8 nitrogen and oxygen atoms in total. The maximum absolute atomic E-state index is 5.40. The van der Waals surface area contributed by atoms with Gasteiger partial charge in [0.2, 0.25) is 5.95 Å². The number of rotatable bonds is 8. The van der Waals surface area contributed by atoms with Gasteiger partial charge in [0.05, 0.1) is 22.1 Å². The zero-order chi connectivity index (χ0) is 45.0. The Morgan fingerprint density at radius 3 is 1.15 bits per heavy atom. The molecule has 4 heterocycles. The lowest BCUT2D eigenvalue weighted by atomic mass is 10.0. The molecular formula is C60H38N8. The minimum atomic E-state index is 0.523. The lowest BCUT2D eigenvalue weighted by Gasteiger charge is -2.14. The van der Waals surface area contributed by atoms with Gasteiger partial charge in [-0.2, -0.15) is 9.97 Å². The maximum Gasteiger partial charge on any atom is 0.238 e. The molecule has 318 valence electrons. The van der Waals surface area contributed by atoms with Crippen molar-refractivity contribution in [1.29, 1.82) is 0 Å². The number of benzene rings is 9. The van der Waals surface area contributed by atoms with E-state index in [-0.39, 0.29) is 0 Å². The minimum absolute atomic E-state index is 0.523. The van der Waals surface area contributed by atoms with Gasteiger partial charge in [0, 0.05) is 55.0 Å². The van der Waals surface area contributed by atoms with E-state index in [4.69, 9.17) is 29.9 Å². The van der Waals surface area contributed by atoms with E-state index in [1.807, 2.05) is 84.9 Å². The standard InChI is InChI=1S/C60H38N8/c1-5-19-39(20-6-1)43-27-17-28-44(37-43)59-64-57(42-25-11-4-12-26-42)65-60(66-59)68-52-34-16-14-32-48(52)50-36-35-49-47-31-13-15-33-51(47)67(53(49)54(50)68)46-30-18-29-45(38-46)58-62-55(40-21-7-2-8-22-40)61-56(63-58)41-23-9-3-10-24-41/h1-38H. The minimum Gasteiger partial charge on any atom is -0.307 e. The fourth-order valence-corrected chi connectivity index (χ4v) is 9.48. The van der Waals surface area contributed by atoms with Crippen molar-refractivity contribution in [3.8, 4) is 79.7 Å². The lowest BCUT2D eigenvalue weighted by Crippen LogP contribution is -2.07. The number of aromatic nitrogens is 8. The average Bonchev–Trinajstić information content (AvgIpc) is 3.95. The molecule has 0 fully saturated rings. The van der Waals surface area contributed by atoms with Crippen LogP contribution >= 0.6 is 0 Å². The van der Waals surface area contributed by atoms with Crippen molar-refractivity contribution in [3.63, 3.8) is 0 Å². The molecule has 0 unspecified atom stereocenters. The van der Waals surface area contributed by atoms with Crippen LogP contribution in [0.15, 0.2) is 231 Å². The summed E-state index contributed by atoms with van der Waals surface area (Å²) in [5.74, 6) is 3.50. The van der Waals surface area contributed by atoms with Gasteiger partial charge >= 0.3 is 0 Å². The van der Waals surface area contributed by atoms with E-state index in [0.717, 1.165) is 88.2 Å². The van der Waals surface area contributed by atoms with Gasteiger partial charge in [0.1, 0.15) is 0 Å². The third-order valence-corrected chi connectivity index (χ3v) is 12.6. The first kappa shape index (κ1) is 39.0. The first-order chi connectivity index (χ1) is 33.7. The van der Waals surface area contributed by atoms with Crippen LogP contribution in [-0.4, -0.2) is 39.0 Å². The Bertz CT molecular complexity index is 3960. The predicted molar refractivity (Wildman–Crippen MR) is 275 cm³/mol. The third-order valence-electron chi connectivity index (χ3n) is 12.6. The van der Waals surface area contributed by atoms with Crippen molar-refractivity contribution in [2.24, 2.45) is 0 Å². The van der Waals surface area contributed by atoms with E-state index in [1.54, 1.807) is 0 Å². The summed E-state index contributed by atoms with van der Waals surface area (Å²) in [5, 5.41) is 4.41. The van der Waals surface area contributed by atoms with E-state index in [9.17, 15) is 0 Å². The molecule has 13 rings (SSSR count). The average molecular weight is 871 g/mol. The molecule has 0 saturated heterocycles. The van der Waals surface area contributed by atoms with Crippen molar-refractivity contribution < 1.29 is 0 Å². The summed E-state index contributed by atoms with van der Waals surface area (Å²) in [6, 6.07) is 79.3. The summed E-state index contributed by atoms with van der Waals surface area (Å²) < 4.78 is 4.60. The van der Waals surface area contributed by atoms with E-state index >= 15 is 0 Å². The number of para-hydroxylation sites is 2. The third kappa shape index (κ3) is 6.70. The first-order valence-corrected chi connectivity index (χ1v) is 22.6. The fourth-order valence-electron chi connectivity index (χ4n) is 9.48. The van der Waals surface area contributed by atoms with Gasteiger partial charge in [-0.05, 0) is 41.5 Å². The second-order valence-corrected chi connectivity index (χ2v) is 16.7. The molecule has 68 heavy (non-hydrogen) atoms. The van der Waals surface area contributed by atoms with Gasteiger partial charge in [0.25, 0.3) is 0 Å². The quantitative estimate of drug-likeness (QED) is 0.151. The Hall–Kier alpha value is -9.40. The van der Waals surface area contributed by atoms with Crippen LogP contribution in [0.2, 0.25) is 0 Å². The Morgan fingerprint density at radius 1 is 0.235 bits per heavy atom. The van der Waals surface area contributed by atoms with Gasteiger partial charge in [0.15, 0.2) is 29.1 Å². The molecule has 0 spiro atoms. The molecule has 0 aliphatic heterocycles. The SMILES string of the molecule is c1ccc(-c2cccc(-c3nc(-c4ccccc4)nc(-n4c5ccccc5c5ccc6c7ccccc7n(-c7cccc(-c8nc(-c9ccccc9)nc(-c9ccccc9)n8)c7)c6c54)n3)c2)cc1. The summed E-state index contributed by atoms with van der Waals surface area (Å²) >= 11 is 0. The predicted octanol–water partition coefficient (Wildman–Crippen LogP) is 14.3. The fraction of sp³-hybridized carbons (Fsp3) is 0. The van der Waals surface area contributed by atoms with E-state index in [2.05, 4.69) is 155 Å². The van der Waals surface area contributed by atoms with Crippen LogP contribution in [0.3, 0.4) is 0 Å². The summed E-state index contributed by atoms with van der Waals surface area (Å²) in [6.45, 7) is 0. The number of hydrogen-bond donors (Lipinski definition) is 0. The van der Waals surface area contributed by atoms with Gasteiger partial charge in [-0.3, -0.25) is 4.57 Å². The molecular weight excluding hydrogens is 833 g/mol. The molecule has 0 saturated carbocycles. The molecule has 0 N–H and O–H groups in total. The largest absolute Gasteiger partial charge is 0.307 e. The first-order valence-electron chi connectivity index (χ1n) is 22.6. The molecule has 0 bridgehead atoms. The van der Waals surface area contributed by atoms with Crippen LogP contribution < -0.4 is 0 Å². The molecule has 9 aromatic carbocycles. The smallest absolute Gasteiger partial charge is 0.238 e. The zero-order valence-corrected chi connectivity index (χ0v) is 36.5. The van der Waals surface area contributed by atoms with Gasteiger partial charge in [-0.1, -0.05) is 200 Å². The van der Waals surface area contributed by atoms with E-state index in [1.165, 1.54) is 0 Å². The van der Waals surface area contributed by atoms with Crippen molar-refractivity contribution >= 4 is 43.6 Å². The number of fused-ring (bicyclic) bond motifs is 7. The van der Waals surface area contributed by atoms with Crippen LogP contribution in [-0.2, 0) is 0 Å². The molecule has 0 aliphatic carbocycles. The molecule has 0 aliphatic rings. The molecule has 0 radical (unpaired) electrons. The summed E-state index contributed by atoms with van der Waals surface area (Å²) in [6.07, 6.45) is 0. The second-order valence-electron chi connectivity index (χ2n) is 16.7. The molecule has 4 aromatic heterocycles. The van der Waals surface area contributed by atoms with Gasteiger partial charge in [-0.15, -0.1) is 0 Å². The number of hydrogen-bond acceptors (Lipinski definition) is 6. The van der Waals surface area contributed by atoms with Crippen LogP contribution in [0, 0.1) is 0 Å². The number of nitrogens with zero attached hydrogens (tertiary/aromatic N) is 8. The summed E-state index contributed by atoms with van der Waals surface area (Å²) in [7, 11) is 0. The van der Waals surface area contributed by atoms with E-state index < -0.39 is 0 Å². The van der Waals surface area contributed by atoms with Crippen molar-refractivity contribution in [3.05, 3.63) is 231 Å². The summed E-state index contributed by atoms with van der Waals surface area (Å²) in [5.41, 5.74) is 11.7. The van der Waals surface area contributed by atoms with Gasteiger partial charge < -0.3 is 4.57 Å². The Balaban J connectivity index is 1.07. The van der Waals surface area contributed by atoms with Crippen molar-refractivity contribution in [1.82, 2.24) is 39.0 Å². The highest BCUT2D eigenvalue weighted by Crippen LogP contribution is 2.42. The molecule has 0 atom stereocenters. The van der Waals surface area contributed by atoms with Gasteiger partial charge in [-0.25, -0.2) is 19.9 Å². The second kappa shape index (κ2) is 16.2.